The zero-order chi connectivity index (χ0) is 12.8. The molecule has 0 aliphatic heterocycles. The van der Waals surface area contributed by atoms with Crippen molar-refractivity contribution in [2.45, 2.75) is 78.1 Å². The Balaban J connectivity index is 3.78. The molecule has 0 rings (SSSR count). The summed E-state index contributed by atoms with van der Waals surface area (Å²) in [4.78, 5) is 10.4. The van der Waals surface area contributed by atoms with Gasteiger partial charge < -0.3 is 4.79 Å². The smallest absolute Gasteiger partial charge is 0.120 e. The minimum absolute atomic E-state index is 0.450. The maximum atomic E-state index is 10.4. The van der Waals surface area contributed by atoms with Crippen molar-refractivity contribution in [1.82, 2.24) is 0 Å². The van der Waals surface area contributed by atoms with Crippen LogP contribution in [0.25, 0.3) is 0 Å². The number of aldehydes is 1. The highest BCUT2D eigenvalue weighted by Crippen LogP contribution is 2.13. The normalized spacial score (nSPS) is 11.6. The van der Waals surface area contributed by atoms with E-state index in [4.69, 9.17) is 0 Å². The molecule has 0 aliphatic carbocycles. The van der Waals surface area contributed by atoms with Gasteiger partial charge in [-0.3, -0.25) is 0 Å². The number of hydrogen-bond acceptors (Lipinski definition) is 1. The maximum Gasteiger partial charge on any atom is 0.120 e. The SMILES string of the molecule is CCCCCCC#CC(CCC=O)CCCC. The van der Waals surface area contributed by atoms with Crippen molar-refractivity contribution in [2.75, 3.05) is 0 Å². The third kappa shape index (κ3) is 11.5. The Labute approximate surface area is 107 Å². The summed E-state index contributed by atoms with van der Waals surface area (Å²) in [6.45, 7) is 4.43. The number of hydrogen-bond donors (Lipinski definition) is 0. The molecule has 0 spiro atoms. The first-order chi connectivity index (χ1) is 8.35. The molecule has 0 bridgehead atoms. The largest absolute Gasteiger partial charge is 0.303 e. The summed E-state index contributed by atoms with van der Waals surface area (Å²) < 4.78 is 0. The number of unbranched alkanes of at least 4 members (excludes halogenated alkanes) is 5. The first-order valence-electron chi connectivity index (χ1n) is 7.27. The Morgan fingerprint density at radius 1 is 1.00 bits per heavy atom. The maximum absolute atomic E-state index is 10.4. The van der Waals surface area contributed by atoms with Gasteiger partial charge in [-0.05, 0) is 19.3 Å². The topological polar surface area (TPSA) is 17.1 Å². The molecule has 17 heavy (non-hydrogen) atoms. The Morgan fingerprint density at radius 3 is 2.41 bits per heavy atom. The van der Waals surface area contributed by atoms with Crippen LogP contribution >= 0.6 is 0 Å². The van der Waals surface area contributed by atoms with Crippen LogP contribution in [0, 0.1) is 17.8 Å². The van der Waals surface area contributed by atoms with Crippen LogP contribution in [-0.4, -0.2) is 6.29 Å². The van der Waals surface area contributed by atoms with Gasteiger partial charge in [-0.25, -0.2) is 0 Å². The number of rotatable bonds is 10. The minimum Gasteiger partial charge on any atom is -0.303 e. The first-order valence-corrected chi connectivity index (χ1v) is 7.27. The summed E-state index contributed by atoms with van der Waals surface area (Å²) in [6, 6.07) is 0. The molecule has 0 saturated carbocycles. The van der Waals surface area contributed by atoms with E-state index in [0.29, 0.717) is 12.3 Å². The summed E-state index contributed by atoms with van der Waals surface area (Å²) in [5.41, 5.74) is 0. The van der Waals surface area contributed by atoms with E-state index in [2.05, 4.69) is 25.7 Å². The van der Waals surface area contributed by atoms with E-state index < -0.39 is 0 Å². The molecule has 1 heteroatoms. The molecular formula is C16H28O. The van der Waals surface area contributed by atoms with Gasteiger partial charge in [0.15, 0.2) is 0 Å². The van der Waals surface area contributed by atoms with Gasteiger partial charge in [-0.2, -0.15) is 0 Å². The quantitative estimate of drug-likeness (QED) is 0.304. The molecule has 0 aromatic heterocycles. The van der Waals surface area contributed by atoms with Crippen LogP contribution in [0.15, 0.2) is 0 Å². The lowest BCUT2D eigenvalue weighted by atomic mass is 9.97. The zero-order valence-electron chi connectivity index (χ0n) is 11.6. The van der Waals surface area contributed by atoms with Crippen molar-refractivity contribution < 1.29 is 4.79 Å². The van der Waals surface area contributed by atoms with Crippen molar-refractivity contribution in [3.63, 3.8) is 0 Å². The van der Waals surface area contributed by atoms with Gasteiger partial charge in [0.2, 0.25) is 0 Å². The number of carbonyl (C=O) groups excluding carboxylic acids is 1. The summed E-state index contributed by atoms with van der Waals surface area (Å²) in [5.74, 6) is 7.10. The van der Waals surface area contributed by atoms with Crippen LogP contribution in [0.2, 0.25) is 0 Å². The van der Waals surface area contributed by atoms with Gasteiger partial charge >= 0.3 is 0 Å². The van der Waals surface area contributed by atoms with Crippen LogP contribution in [-0.2, 0) is 4.79 Å². The monoisotopic (exact) mass is 236 g/mol. The molecule has 0 N–H and O–H groups in total. The fourth-order valence-electron chi connectivity index (χ4n) is 1.87. The molecule has 0 saturated heterocycles. The molecule has 0 aromatic carbocycles. The van der Waals surface area contributed by atoms with E-state index in [9.17, 15) is 4.79 Å². The van der Waals surface area contributed by atoms with E-state index in [-0.39, 0.29) is 0 Å². The third-order valence-electron chi connectivity index (χ3n) is 3.00. The fourth-order valence-corrected chi connectivity index (χ4v) is 1.87. The molecule has 0 fully saturated rings. The van der Waals surface area contributed by atoms with Gasteiger partial charge in [0.1, 0.15) is 6.29 Å². The second-order valence-electron chi connectivity index (χ2n) is 4.71. The first kappa shape index (κ1) is 16.2. The van der Waals surface area contributed by atoms with Crippen molar-refractivity contribution in [1.29, 1.82) is 0 Å². The second-order valence-corrected chi connectivity index (χ2v) is 4.71. The Morgan fingerprint density at radius 2 is 1.76 bits per heavy atom. The molecule has 98 valence electrons. The average Bonchev–Trinajstić information content (AvgIpc) is 2.35. The van der Waals surface area contributed by atoms with E-state index in [1.54, 1.807) is 0 Å². The average molecular weight is 236 g/mol. The van der Waals surface area contributed by atoms with Crippen LogP contribution in [0.4, 0.5) is 0 Å². The van der Waals surface area contributed by atoms with E-state index in [1.165, 1.54) is 38.5 Å². The van der Waals surface area contributed by atoms with Crippen LogP contribution in [0.5, 0.6) is 0 Å². The molecular weight excluding hydrogens is 208 g/mol. The summed E-state index contributed by atoms with van der Waals surface area (Å²) in [5, 5.41) is 0. The molecule has 0 aliphatic rings. The van der Waals surface area contributed by atoms with Gasteiger partial charge in [0, 0.05) is 18.8 Å². The minimum atomic E-state index is 0.450. The molecule has 1 nitrogen and oxygen atoms in total. The van der Waals surface area contributed by atoms with E-state index in [1.807, 2.05) is 0 Å². The summed E-state index contributed by atoms with van der Waals surface area (Å²) in [6.07, 6.45) is 12.4. The lowest BCUT2D eigenvalue weighted by molar-refractivity contribution is -0.108. The molecule has 1 atom stereocenters. The van der Waals surface area contributed by atoms with E-state index in [0.717, 1.165) is 25.5 Å². The van der Waals surface area contributed by atoms with Gasteiger partial charge in [-0.15, -0.1) is 5.92 Å². The predicted octanol–water partition coefficient (Wildman–Crippen LogP) is 4.75. The summed E-state index contributed by atoms with van der Waals surface area (Å²) in [7, 11) is 0. The van der Waals surface area contributed by atoms with Crippen LogP contribution < -0.4 is 0 Å². The fraction of sp³-hybridized carbons (Fsp3) is 0.812. The molecule has 0 aromatic rings. The third-order valence-corrected chi connectivity index (χ3v) is 3.00. The van der Waals surface area contributed by atoms with Crippen molar-refractivity contribution in [3.05, 3.63) is 0 Å². The predicted molar refractivity (Wildman–Crippen MR) is 74.8 cm³/mol. The van der Waals surface area contributed by atoms with Crippen LogP contribution in [0.1, 0.15) is 78.1 Å². The Bertz CT molecular complexity index is 221. The molecule has 0 amide bonds. The van der Waals surface area contributed by atoms with Crippen molar-refractivity contribution >= 4 is 6.29 Å². The highest BCUT2D eigenvalue weighted by Gasteiger charge is 2.03. The van der Waals surface area contributed by atoms with E-state index >= 15 is 0 Å². The van der Waals surface area contributed by atoms with Crippen molar-refractivity contribution in [3.8, 4) is 11.8 Å². The van der Waals surface area contributed by atoms with Gasteiger partial charge in [0.05, 0.1) is 0 Å². The Kier molecular flexibility index (Phi) is 12.7. The highest BCUT2D eigenvalue weighted by atomic mass is 16.1. The van der Waals surface area contributed by atoms with Gasteiger partial charge in [-0.1, -0.05) is 51.9 Å². The zero-order valence-corrected chi connectivity index (χ0v) is 11.6. The lowest BCUT2D eigenvalue weighted by Gasteiger charge is -2.07. The summed E-state index contributed by atoms with van der Waals surface area (Å²) >= 11 is 0. The van der Waals surface area contributed by atoms with Gasteiger partial charge in [0.25, 0.3) is 0 Å². The van der Waals surface area contributed by atoms with Crippen LogP contribution in [0.3, 0.4) is 0 Å². The lowest BCUT2D eigenvalue weighted by Crippen LogP contribution is -1.97. The molecule has 0 radical (unpaired) electrons. The Hall–Kier alpha value is -0.770. The molecule has 0 heterocycles. The second kappa shape index (κ2) is 13.3. The number of carbonyl (C=O) groups is 1. The highest BCUT2D eigenvalue weighted by molar-refractivity contribution is 5.49. The van der Waals surface area contributed by atoms with Crippen molar-refractivity contribution in [2.24, 2.45) is 5.92 Å². The molecule has 1 unspecified atom stereocenters. The standard InChI is InChI=1S/C16H28O/c1-3-5-7-8-9-10-13-16(12-6-4-2)14-11-15-17/h15-16H,3-9,11-12,14H2,1-2H3.